The molecule has 0 unspecified atom stereocenters. The molecule has 0 bridgehead atoms. The molecular weight excluding hydrogens is 506 g/mol. The van der Waals surface area contributed by atoms with E-state index in [1.54, 1.807) is 0 Å². The highest BCUT2D eigenvalue weighted by Gasteiger charge is 2.41. The number of anilines is 2. The Morgan fingerprint density at radius 2 is 1.77 bits per heavy atom. The van der Waals surface area contributed by atoms with Crippen LogP contribution in [0.5, 0.6) is 5.75 Å². The van der Waals surface area contributed by atoms with Gasteiger partial charge in [-0.25, -0.2) is 0 Å². The van der Waals surface area contributed by atoms with Crippen LogP contribution in [0, 0.1) is 0 Å². The zero-order valence-electron chi connectivity index (χ0n) is 21.6. The highest BCUT2D eigenvalue weighted by Crippen LogP contribution is 2.42. The number of hydrogen-bond acceptors (Lipinski definition) is 4. The number of hydrogen-bond donors (Lipinski definition) is 2. The molecule has 198 valence electrons. The van der Waals surface area contributed by atoms with E-state index in [0.717, 1.165) is 11.4 Å². The molecule has 3 heterocycles. The Morgan fingerprint density at radius 3 is 2.51 bits per heavy atom. The second-order valence-electron chi connectivity index (χ2n) is 10.0. The van der Waals surface area contributed by atoms with Crippen molar-refractivity contribution in [2.24, 2.45) is 0 Å². The predicted molar refractivity (Wildman–Crippen MR) is 157 cm³/mol. The number of aromatic nitrogens is 2. The molecule has 0 spiro atoms. The van der Waals surface area contributed by atoms with E-state index >= 15 is 0 Å². The fourth-order valence-electron chi connectivity index (χ4n) is 5.57. The molecule has 4 aromatic rings. The molecule has 2 fully saturated rings. The van der Waals surface area contributed by atoms with E-state index in [2.05, 4.69) is 43.5 Å². The van der Waals surface area contributed by atoms with E-state index in [4.69, 9.17) is 17.0 Å². The maximum absolute atomic E-state index is 12.4. The highest BCUT2D eigenvalue weighted by molar-refractivity contribution is 7.80. The first-order valence-corrected chi connectivity index (χ1v) is 13.8. The second-order valence-corrected chi connectivity index (χ2v) is 10.4. The van der Waals surface area contributed by atoms with Crippen molar-refractivity contribution in [1.29, 1.82) is 0 Å². The van der Waals surface area contributed by atoms with Crippen molar-refractivity contribution in [2.45, 2.75) is 43.8 Å². The Bertz CT molecular complexity index is 1420. The van der Waals surface area contributed by atoms with E-state index in [0.29, 0.717) is 22.6 Å². The molecule has 39 heavy (non-hydrogen) atoms. The third-order valence-electron chi connectivity index (χ3n) is 7.47. The standard InChI is InChI=1S/C31H31N5O2S/c37-28(21-38-26-10-2-1-3-11-26)33-23-13-15-25(16-14-23)36-30(22-17-19-35(20-22)24-8-4-5-9-24)29(34-31(36)39)27-12-6-7-18-32-27/h1-3,6-7,10-20,24,29-30H,4-5,8-9,21H2,(H,33,37)(H,34,39)/t29-,30-/m1/s1. The third-order valence-corrected chi connectivity index (χ3v) is 7.78. The number of benzene rings is 2. The molecule has 2 atom stereocenters. The Morgan fingerprint density at radius 1 is 1.00 bits per heavy atom. The number of para-hydroxylation sites is 1. The van der Waals surface area contributed by atoms with Gasteiger partial charge in [-0.05, 0) is 85.2 Å². The fraction of sp³-hybridized carbons (Fsp3) is 0.258. The van der Waals surface area contributed by atoms with Gasteiger partial charge in [0.2, 0.25) is 0 Å². The van der Waals surface area contributed by atoms with Gasteiger partial charge in [0.05, 0.1) is 17.8 Å². The number of nitrogens with one attached hydrogen (secondary N) is 2. The molecular formula is C31H31N5O2S. The maximum Gasteiger partial charge on any atom is 0.262 e. The third kappa shape index (κ3) is 5.52. The van der Waals surface area contributed by atoms with Crippen molar-refractivity contribution in [2.75, 3.05) is 16.8 Å². The Labute approximate surface area is 233 Å². The Kier molecular flexibility index (Phi) is 7.27. The van der Waals surface area contributed by atoms with Crippen LogP contribution in [0.4, 0.5) is 11.4 Å². The first-order valence-electron chi connectivity index (χ1n) is 13.4. The first kappa shape index (κ1) is 25.1. The summed E-state index contributed by atoms with van der Waals surface area (Å²) >= 11 is 5.87. The van der Waals surface area contributed by atoms with Crippen molar-refractivity contribution in [3.8, 4) is 5.75 Å². The van der Waals surface area contributed by atoms with Gasteiger partial charge in [-0.3, -0.25) is 9.78 Å². The first-order chi connectivity index (χ1) is 19.2. The van der Waals surface area contributed by atoms with Crippen LogP contribution in [0.3, 0.4) is 0 Å². The zero-order chi connectivity index (χ0) is 26.6. The van der Waals surface area contributed by atoms with Crippen molar-refractivity contribution < 1.29 is 9.53 Å². The summed E-state index contributed by atoms with van der Waals surface area (Å²) in [7, 11) is 0. The number of thiocarbonyl (C=S) groups is 1. The summed E-state index contributed by atoms with van der Waals surface area (Å²) in [5, 5.41) is 7.08. The van der Waals surface area contributed by atoms with Crippen LogP contribution in [-0.2, 0) is 4.79 Å². The number of rotatable bonds is 8. The number of amides is 1. The lowest BCUT2D eigenvalue weighted by Crippen LogP contribution is -2.29. The summed E-state index contributed by atoms with van der Waals surface area (Å²) in [5.74, 6) is 0.444. The monoisotopic (exact) mass is 537 g/mol. The Balaban J connectivity index is 1.22. The molecule has 7 nitrogen and oxygen atoms in total. The van der Waals surface area contributed by atoms with E-state index in [1.807, 2.05) is 79.0 Å². The van der Waals surface area contributed by atoms with Crippen LogP contribution < -0.4 is 20.3 Å². The van der Waals surface area contributed by atoms with Gasteiger partial charge in [0.1, 0.15) is 5.75 Å². The summed E-state index contributed by atoms with van der Waals surface area (Å²) in [4.78, 5) is 19.3. The zero-order valence-corrected chi connectivity index (χ0v) is 22.4. The molecule has 0 radical (unpaired) electrons. The predicted octanol–water partition coefficient (Wildman–Crippen LogP) is 6.19. The lowest BCUT2D eigenvalue weighted by atomic mass is 9.98. The van der Waals surface area contributed by atoms with Gasteiger partial charge in [-0.2, -0.15) is 0 Å². The minimum Gasteiger partial charge on any atom is -0.484 e. The van der Waals surface area contributed by atoms with Gasteiger partial charge < -0.3 is 24.8 Å². The molecule has 6 rings (SSSR count). The second kappa shape index (κ2) is 11.3. The average molecular weight is 538 g/mol. The molecule has 8 heteroatoms. The number of carbonyl (C=O) groups excluding carboxylic acids is 1. The fourth-order valence-corrected chi connectivity index (χ4v) is 5.92. The summed E-state index contributed by atoms with van der Waals surface area (Å²) in [6.45, 7) is -0.0578. The van der Waals surface area contributed by atoms with Crippen LogP contribution in [0.15, 0.2) is 97.5 Å². The normalized spacial score (nSPS) is 19.2. The largest absolute Gasteiger partial charge is 0.484 e. The van der Waals surface area contributed by atoms with Crippen LogP contribution in [0.1, 0.15) is 55.1 Å². The topological polar surface area (TPSA) is 71.4 Å². The lowest BCUT2D eigenvalue weighted by molar-refractivity contribution is -0.118. The molecule has 2 aromatic carbocycles. The number of pyridine rings is 1. The van der Waals surface area contributed by atoms with Crippen LogP contribution in [-0.4, -0.2) is 27.2 Å². The molecule has 1 saturated carbocycles. The number of ether oxygens (including phenoxy) is 1. The molecule has 1 amide bonds. The van der Waals surface area contributed by atoms with Gasteiger partial charge >= 0.3 is 0 Å². The molecule has 2 aliphatic rings. The summed E-state index contributed by atoms with van der Waals surface area (Å²) < 4.78 is 7.93. The van der Waals surface area contributed by atoms with Gasteiger partial charge in [-0.1, -0.05) is 37.1 Å². The molecule has 2 N–H and O–H groups in total. The van der Waals surface area contributed by atoms with Gasteiger partial charge in [0.25, 0.3) is 5.91 Å². The van der Waals surface area contributed by atoms with Crippen LogP contribution >= 0.6 is 12.2 Å². The maximum atomic E-state index is 12.4. The summed E-state index contributed by atoms with van der Waals surface area (Å²) in [6, 6.07) is 25.7. The average Bonchev–Trinajstić information content (AvgIpc) is 3.74. The van der Waals surface area contributed by atoms with Gasteiger partial charge in [0.15, 0.2) is 11.7 Å². The van der Waals surface area contributed by atoms with E-state index in [9.17, 15) is 4.79 Å². The quantitative estimate of drug-likeness (QED) is 0.261. The van der Waals surface area contributed by atoms with E-state index in [1.165, 1.54) is 31.2 Å². The van der Waals surface area contributed by atoms with E-state index in [-0.39, 0.29) is 24.6 Å². The van der Waals surface area contributed by atoms with Crippen molar-refractivity contribution >= 4 is 34.6 Å². The minimum atomic E-state index is -0.216. The van der Waals surface area contributed by atoms with Gasteiger partial charge in [0, 0.05) is 36.0 Å². The van der Waals surface area contributed by atoms with Gasteiger partial charge in [-0.15, -0.1) is 0 Å². The number of carbonyl (C=O) groups is 1. The van der Waals surface area contributed by atoms with E-state index < -0.39 is 0 Å². The minimum absolute atomic E-state index is 0.0578. The van der Waals surface area contributed by atoms with Crippen molar-refractivity contribution in [1.82, 2.24) is 14.9 Å². The number of nitrogens with zero attached hydrogens (tertiary/aromatic N) is 3. The smallest absolute Gasteiger partial charge is 0.262 e. The SMILES string of the molecule is O=C(COc1ccccc1)Nc1ccc(N2C(=S)N[C@H](c3ccccn3)[C@H]2c2ccn(C3CCCC3)c2)cc1. The molecule has 1 aliphatic carbocycles. The van der Waals surface area contributed by atoms with Crippen LogP contribution in [0.2, 0.25) is 0 Å². The summed E-state index contributed by atoms with van der Waals surface area (Å²) in [5.41, 5.74) is 3.79. The van der Waals surface area contributed by atoms with Crippen molar-refractivity contribution in [3.05, 3.63) is 109 Å². The molecule has 1 aliphatic heterocycles. The van der Waals surface area contributed by atoms with Crippen LogP contribution in [0.25, 0.3) is 0 Å². The lowest BCUT2D eigenvalue weighted by Gasteiger charge is -2.27. The van der Waals surface area contributed by atoms with Crippen molar-refractivity contribution in [3.63, 3.8) is 0 Å². The molecule has 1 saturated heterocycles. The highest BCUT2D eigenvalue weighted by atomic mass is 32.1. The molecule has 2 aromatic heterocycles. The Hall–Kier alpha value is -4.17. The summed E-state index contributed by atoms with van der Waals surface area (Å²) in [6.07, 6.45) is 11.3.